The summed E-state index contributed by atoms with van der Waals surface area (Å²) in [5.41, 5.74) is -5.21. The van der Waals surface area contributed by atoms with Crippen LogP contribution in [0.1, 0.15) is 22.3 Å². The number of nitro benzene ring substituents is 6. The fraction of sp³-hybridized carbons (Fsp3) is 0. The molecule has 0 atom stereocenters. The molecule has 2 aliphatic carbocycles. The Bertz CT molecular complexity index is 2090. The van der Waals surface area contributed by atoms with Crippen molar-refractivity contribution in [2.45, 2.75) is 0 Å². The molecule has 2 aliphatic rings. The van der Waals surface area contributed by atoms with E-state index in [0.717, 1.165) is 36.4 Å². The van der Waals surface area contributed by atoms with Gasteiger partial charge in [-0.3, -0.25) is 60.7 Å². The van der Waals surface area contributed by atoms with E-state index in [1.165, 1.54) is 12.1 Å². The van der Waals surface area contributed by atoms with E-state index in [9.17, 15) is 60.7 Å². The third-order valence-electron chi connectivity index (χ3n) is 7.26. The number of hydrogen-bond donors (Lipinski definition) is 0. The number of nitro groups is 6. The van der Waals surface area contributed by atoms with Gasteiger partial charge in [-0.15, -0.1) is 10.2 Å². The number of non-ortho nitro benzene ring substituents is 4. The lowest BCUT2D eigenvalue weighted by atomic mass is 10.0. The molecule has 0 fully saturated rings. The van der Waals surface area contributed by atoms with Crippen LogP contribution in [-0.2, 0) is 0 Å². The van der Waals surface area contributed by atoms with Gasteiger partial charge in [0.2, 0.25) is 0 Å². The van der Waals surface area contributed by atoms with Gasteiger partial charge in [0.05, 0.1) is 52.8 Å². The fourth-order valence-electron chi connectivity index (χ4n) is 5.39. The van der Waals surface area contributed by atoms with Crippen LogP contribution in [0, 0.1) is 60.7 Å². The summed E-state index contributed by atoms with van der Waals surface area (Å²) in [6, 6.07) is 9.84. The summed E-state index contributed by atoms with van der Waals surface area (Å²) in [6.45, 7) is 0. The van der Waals surface area contributed by atoms with Crippen molar-refractivity contribution in [2.75, 3.05) is 0 Å². The third-order valence-corrected chi connectivity index (χ3v) is 7.26. The first kappa shape index (κ1) is 28.7. The van der Waals surface area contributed by atoms with Crippen LogP contribution < -0.4 is 0 Å². The van der Waals surface area contributed by atoms with Crippen molar-refractivity contribution in [1.82, 2.24) is 0 Å². The minimum Gasteiger partial charge on any atom is -0.258 e. The zero-order chi connectivity index (χ0) is 33.2. The van der Waals surface area contributed by atoms with Crippen LogP contribution in [0.2, 0.25) is 0 Å². The molecular formula is C26H10N8O12. The number of fused-ring (bicyclic) bond motifs is 6. The van der Waals surface area contributed by atoms with E-state index in [1.807, 2.05) is 0 Å². The molecule has 0 bridgehead atoms. The summed E-state index contributed by atoms with van der Waals surface area (Å²) in [7, 11) is 0. The number of rotatable bonds is 7. The van der Waals surface area contributed by atoms with Crippen molar-refractivity contribution in [1.29, 1.82) is 0 Å². The fourth-order valence-corrected chi connectivity index (χ4v) is 5.39. The molecule has 20 heteroatoms. The highest BCUT2D eigenvalue weighted by Gasteiger charge is 2.38. The average Bonchev–Trinajstić information content (AvgIpc) is 3.49. The number of hydrogen-bond acceptors (Lipinski definition) is 14. The van der Waals surface area contributed by atoms with Crippen molar-refractivity contribution < 1.29 is 29.5 Å². The molecule has 0 amide bonds. The van der Waals surface area contributed by atoms with Gasteiger partial charge in [0.25, 0.3) is 34.1 Å². The molecule has 4 aromatic carbocycles. The maximum Gasteiger partial charge on any atom is 0.284 e. The lowest BCUT2D eigenvalue weighted by Gasteiger charge is -2.03. The van der Waals surface area contributed by atoms with E-state index in [1.54, 1.807) is 0 Å². The highest BCUT2D eigenvalue weighted by Crippen LogP contribution is 2.48. The predicted molar refractivity (Wildman–Crippen MR) is 155 cm³/mol. The zero-order valence-electron chi connectivity index (χ0n) is 22.3. The van der Waals surface area contributed by atoms with Crippen LogP contribution in [0.3, 0.4) is 0 Å². The molecule has 0 spiro atoms. The molecule has 226 valence electrons. The molecule has 0 saturated carbocycles. The predicted octanol–water partition coefficient (Wildman–Crippen LogP) is 5.39. The third kappa shape index (κ3) is 4.33. The van der Waals surface area contributed by atoms with E-state index in [2.05, 4.69) is 10.2 Å². The van der Waals surface area contributed by atoms with Gasteiger partial charge in [-0.1, -0.05) is 0 Å². The van der Waals surface area contributed by atoms with Crippen molar-refractivity contribution in [3.63, 3.8) is 0 Å². The maximum atomic E-state index is 12.0. The Labute approximate surface area is 251 Å². The monoisotopic (exact) mass is 626 g/mol. The zero-order valence-corrected chi connectivity index (χ0v) is 22.3. The molecule has 20 nitrogen and oxygen atoms in total. The van der Waals surface area contributed by atoms with Crippen LogP contribution in [-0.4, -0.2) is 41.0 Å². The Morgan fingerprint density at radius 3 is 1.00 bits per heavy atom. The topological polar surface area (TPSA) is 284 Å². The Morgan fingerprint density at radius 1 is 0.370 bits per heavy atom. The second-order valence-electron chi connectivity index (χ2n) is 9.67. The number of benzene rings is 4. The lowest BCUT2D eigenvalue weighted by molar-refractivity contribution is -0.394. The summed E-state index contributed by atoms with van der Waals surface area (Å²) in [6.07, 6.45) is 0. The van der Waals surface area contributed by atoms with Gasteiger partial charge in [-0.25, -0.2) is 0 Å². The Hall–Kier alpha value is -7.38. The molecule has 0 N–H and O–H groups in total. The molecular weight excluding hydrogens is 616 g/mol. The van der Waals surface area contributed by atoms with Gasteiger partial charge in [0.1, 0.15) is 11.4 Å². The van der Waals surface area contributed by atoms with Gasteiger partial charge >= 0.3 is 0 Å². The first-order chi connectivity index (χ1) is 21.8. The minimum atomic E-state index is -0.900. The quantitative estimate of drug-likeness (QED) is 0.159. The number of nitrogens with zero attached hydrogens (tertiary/aromatic N) is 8. The minimum absolute atomic E-state index is 0.0512. The van der Waals surface area contributed by atoms with Gasteiger partial charge in [0.15, 0.2) is 0 Å². The van der Waals surface area contributed by atoms with Gasteiger partial charge in [0, 0.05) is 58.7 Å². The molecule has 6 rings (SSSR count). The smallest absolute Gasteiger partial charge is 0.258 e. The Balaban J connectivity index is 1.71. The van der Waals surface area contributed by atoms with Crippen LogP contribution >= 0.6 is 0 Å². The van der Waals surface area contributed by atoms with E-state index in [-0.39, 0.29) is 55.9 Å². The SMILES string of the molecule is O=[N+]([O-])c1ccc2c(c1)/C(=N\N=C1/c3cc([N+](=O)[O-])ccc3-c3c1cc([N+](=O)[O-])cc3[N+](=O)[O-])c1cc([N+](=O)[O-])cc([N+](=O)[O-])c1-2. The van der Waals surface area contributed by atoms with Crippen LogP contribution in [0.4, 0.5) is 34.1 Å². The highest BCUT2D eigenvalue weighted by atomic mass is 16.6. The second-order valence-corrected chi connectivity index (χ2v) is 9.67. The molecule has 0 heterocycles. The van der Waals surface area contributed by atoms with E-state index in [4.69, 9.17) is 0 Å². The van der Waals surface area contributed by atoms with Crippen molar-refractivity contribution in [3.8, 4) is 22.3 Å². The Kier molecular flexibility index (Phi) is 6.32. The van der Waals surface area contributed by atoms with Gasteiger partial charge in [-0.2, -0.15) is 0 Å². The van der Waals surface area contributed by atoms with Gasteiger partial charge < -0.3 is 0 Å². The molecule has 46 heavy (non-hydrogen) atoms. The lowest BCUT2D eigenvalue weighted by Crippen LogP contribution is -2.04. The largest absolute Gasteiger partial charge is 0.284 e. The molecule has 0 unspecified atom stereocenters. The molecule has 4 aromatic rings. The highest BCUT2D eigenvalue weighted by molar-refractivity contribution is 6.28. The van der Waals surface area contributed by atoms with Crippen LogP contribution in [0.15, 0.2) is 70.9 Å². The molecule has 0 radical (unpaired) electrons. The van der Waals surface area contributed by atoms with Crippen molar-refractivity contribution >= 4 is 45.5 Å². The summed E-state index contributed by atoms with van der Waals surface area (Å²) in [5.74, 6) is 0. The summed E-state index contributed by atoms with van der Waals surface area (Å²) in [5, 5.41) is 78.7. The summed E-state index contributed by atoms with van der Waals surface area (Å²) >= 11 is 0. The van der Waals surface area contributed by atoms with Crippen molar-refractivity contribution in [2.24, 2.45) is 10.2 Å². The van der Waals surface area contributed by atoms with Crippen LogP contribution in [0.25, 0.3) is 22.3 Å². The first-order valence-corrected chi connectivity index (χ1v) is 12.5. The normalized spacial score (nSPS) is 13.9. The molecule has 0 aliphatic heterocycles. The molecule has 0 aromatic heterocycles. The van der Waals surface area contributed by atoms with Crippen molar-refractivity contribution in [3.05, 3.63) is 144 Å². The van der Waals surface area contributed by atoms with E-state index >= 15 is 0 Å². The van der Waals surface area contributed by atoms with E-state index < -0.39 is 63.7 Å². The Morgan fingerprint density at radius 2 is 0.696 bits per heavy atom. The van der Waals surface area contributed by atoms with Crippen LogP contribution in [0.5, 0.6) is 0 Å². The summed E-state index contributed by atoms with van der Waals surface area (Å²) in [4.78, 5) is 65.3. The second kappa shape index (κ2) is 10.1. The maximum absolute atomic E-state index is 12.0. The first-order valence-electron chi connectivity index (χ1n) is 12.5. The average molecular weight is 626 g/mol. The standard InChI is InChI=1S/C26H10N8O12/c35-29(36)11-1-3-15-17(5-11)25(19-7-13(31(39)40)9-21(23(15)19)33(43)44)27-28-26-18-6-12(30(37)38)2-4-16(18)24-20(26)8-14(32(41)42)10-22(24)34(45)46/h1-10H/b27-25+,28-26+. The summed E-state index contributed by atoms with van der Waals surface area (Å²) < 4.78 is 0. The molecule has 0 saturated heterocycles. The van der Waals surface area contributed by atoms with E-state index in [0.29, 0.717) is 12.1 Å². The van der Waals surface area contributed by atoms with Gasteiger partial charge in [-0.05, 0) is 23.3 Å².